The maximum Gasteiger partial charge on any atom is 0.323 e. The second-order valence-electron chi connectivity index (χ2n) is 3.80. The lowest BCUT2D eigenvalue weighted by Gasteiger charge is -2.19. The predicted octanol–water partition coefficient (Wildman–Crippen LogP) is -0.283. The molecule has 7 heteroatoms. The highest BCUT2D eigenvalue weighted by molar-refractivity contribution is 5.93. The van der Waals surface area contributed by atoms with Gasteiger partial charge in [-0.1, -0.05) is 6.92 Å². The summed E-state index contributed by atoms with van der Waals surface area (Å²) >= 11 is 0. The van der Waals surface area contributed by atoms with Crippen LogP contribution in [0.3, 0.4) is 0 Å². The van der Waals surface area contributed by atoms with Gasteiger partial charge in [0.1, 0.15) is 12.2 Å². The van der Waals surface area contributed by atoms with Gasteiger partial charge in [-0.25, -0.2) is 4.68 Å². The van der Waals surface area contributed by atoms with E-state index in [1.165, 1.54) is 24.1 Å². The Morgan fingerprint density at radius 3 is 2.61 bits per heavy atom. The number of hydrogen-bond acceptors (Lipinski definition) is 4. The molecule has 0 spiro atoms. The summed E-state index contributed by atoms with van der Waals surface area (Å²) in [6.07, 6.45) is 0.644. The van der Waals surface area contributed by atoms with Gasteiger partial charge >= 0.3 is 5.97 Å². The van der Waals surface area contributed by atoms with E-state index in [9.17, 15) is 14.4 Å². The van der Waals surface area contributed by atoms with Crippen molar-refractivity contribution in [1.82, 2.24) is 14.7 Å². The third kappa shape index (κ3) is 3.41. The molecule has 0 aliphatic rings. The first-order valence-electron chi connectivity index (χ1n) is 5.51. The molecule has 0 atom stereocenters. The number of rotatable bonds is 5. The molecule has 7 nitrogen and oxygen atoms in total. The summed E-state index contributed by atoms with van der Waals surface area (Å²) in [5, 5.41) is 12.5. The van der Waals surface area contributed by atoms with Gasteiger partial charge in [-0.3, -0.25) is 14.4 Å². The minimum atomic E-state index is -1.08. The van der Waals surface area contributed by atoms with Gasteiger partial charge in [-0.15, -0.1) is 0 Å². The lowest BCUT2D eigenvalue weighted by molar-refractivity contribution is -0.137. The fraction of sp³-hybridized carbons (Fsp3) is 0.455. The van der Waals surface area contributed by atoms with E-state index in [0.29, 0.717) is 13.0 Å². The molecule has 98 valence electrons. The van der Waals surface area contributed by atoms with Crippen molar-refractivity contribution >= 4 is 11.9 Å². The van der Waals surface area contributed by atoms with Crippen molar-refractivity contribution in [2.24, 2.45) is 7.05 Å². The summed E-state index contributed by atoms with van der Waals surface area (Å²) in [7, 11) is 1.43. The molecule has 1 heterocycles. The van der Waals surface area contributed by atoms with E-state index in [2.05, 4.69) is 5.10 Å². The van der Waals surface area contributed by atoms with Gasteiger partial charge in [-0.05, 0) is 12.5 Å². The van der Waals surface area contributed by atoms with Gasteiger partial charge in [0, 0.05) is 19.7 Å². The maximum atomic E-state index is 12.0. The predicted molar refractivity (Wildman–Crippen MR) is 63.3 cm³/mol. The highest BCUT2D eigenvalue weighted by Crippen LogP contribution is 2.01. The summed E-state index contributed by atoms with van der Waals surface area (Å²) in [4.78, 5) is 35.0. The first-order valence-corrected chi connectivity index (χ1v) is 5.51. The first-order chi connectivity index (χ1) is 8.45. The molecule has 1 aromatic rings. The Balaban J connectivity index is 2.97. The van der Waals surface area contributed by atoms with Crippen LogP contribution in [0.4, 0.5) is 0 Å². The van der Waals surface area contributed by atoms with E-state index in [1.54, 1.807) is 0 Å². The zero-order valence-electron chi connectivity index (χ0n) is 10.3. The summed E-state index contributed by atoms with van der Waals surface area (Å²) in [5.74, 6) is -1.57. The van der Waals surface area contributed by atoms with E-state index >= 15 is 0 Å². The lowest BCUT2D eigenvalue weighted by atomic mass is 10.3. The summed E-state index contributed by atoms with van der Waals surface area (Å²) in [6.45, 7) is 1.79. The summed E-state index contributed by atoms with van der Waals surface area (Å²) < 4.78 is 1.04. The Morgan fingerprint density at radius 2 is 2.11 bits per heavy atom. The van der Waals surface area contributed by atoms with Crippen LogP contribution in [0, 0.1) is 0 Å². The molecule has 1 N–H and O–H groups in total. The topological polar surface area (TPSA) is 92.5 Å². The Kier molecular flexibility index (Phi) is 4.59. The largest absolute Gasteiger partial charge is 0.480 e. The van der Waals surface area contributed by atoms with Crippen molar-refractivity contribution in [1.29, 1.82) is 0 Å². The minimum Gasteiger partial charge on any atom is -0.480 e. The van der Waals surface area contributed by atoms with Crippen molar-refractivity contribution in [3.63, 3.8) is 0 Å². The lowest BCUT2D eigenvalue weighted by Crippen LogP contribution is -2.37. The highest BCUT2D eigenvalue weighted by atomic mass is 16.4. The molecule has 0 saturated heterocycles. The number of nitrogens with zero attached hydrogens (tertiary/aromatic N) is 3. The van der Waals surface area contributed by atoms with Crippen LogP contribution in [0.5, 0.6) is 0 Å². The zero-order chi connectivity index (χ0) is 13.7. The second kappa shape index (κ2) is 5.95. The fourth-order valence-electron chi connectivity index (χ4n) is 1.46. The van der Waals surface area contributed by atoms with Crippen LogP contribution < -0.4 is 5.56 Å². The van der Waals surface area contributed by atoms with Gasteiger partial charge in [0.05, 0.1) is 0 Å². The molecular formula is C11H15N3O4. The molecule has 0 radical (unpaired) electrons. The molecule has 0 aliphatic heterocycles. The SMILES string of the molecule is CCCN(CC(=O)O)C(=O)c1ccc(=O)n(C)n1. The zero-order valence-corrected chi connectivity index (χ0v) is 10.3. The molecule has 0 aromatic carbocycles. The van der Waals surface area contributed by atoms with Crippen molar-refractivity contribution < 1.29 is 14.7 Å². The first kappa shape index (κ1) is 13.9. The summed E-state index contributed by atoms with van der Waals surface area (Å²) in [6, 6.07) is 2.53. The minimum absolute atomic E-state index is 0.0619. The average molecular weight is 253 g/mol. The van der Waals surface area contributed by atoms with E-state index in [0.717, 1.165) is 4.68 Å². The molecule has 1 rings (SSSR count). The number of aromatic nitrogens is 2. The Bertz CT molecular complexity index is 509. The number of hydrogen-bond donors (Lipinski definition) is 1. The van der Waals surface area contributed by atoms with Crippen molar-refractivity contribution in [3.05, 3.63) is 28.2 Å². The van der Waals surface area contributed by atoms with Gasteiger partial charge in [0.2, 0.25) is 0 Å². The van der Waals surface area contributed by atoms with Crippen molar-refractivity contribution in [2.75, 3.05) is 13.1 Å². The van der Waals surface area contributed by atoms with E-state index < -0.39 is 11.9 Å². The van der Waals surface area contributed by atoms with E-state index in [-0.39, 0.29) is 17.8 Å². The summed E-state index contributed by atoms with van der Waals surface area (Å²) in [5.41, 5.74) is -0.265. The monoisotopic (exact) mass is 253 g/mol. The van der Waals surface area contributed by atoms with Crippen molar-refractivity contribution in [3.8, 4) is 0 Å². The number of carbonyl (C=O) groups excluding carboxylic acids is 1. The number of aryl methyl sites for hydroxylation is 1. The third-order valence-electron chi connectivity index (χ3n) is 2.29. The van der Waals surface area contributed by atoms with Crippen molar-refractivity contribution in [2.45, 2.75) is 13.3 Å². The number of carboxylic acid groups (broad SMARTS) is 1. The molecule has 0 saturated carbocycles. The molecule has 0 aliphatic carbocycles. The molecule has 1 amide bonds. The molecule has 0 fully saturated rings. The molecule has 0 bridgehead atoms. The third-order valence-corrected chi connectivity index (χ3v) is 2.29. The van der Waals surface area contributed by atoms with Gasteiger partial charge < -0.3 is 10.0 Å². The second-order valence-corrected chi connectivity index (χ2v) is 3.80. The van der Waals surface area contributed by atoms with E-state index in [4.69, 9.17) is 5.11 Å². The van der Waals surface area contributed by atoms with Crippen LogP contribution in [-0.2, 0) is 11.8 Å². The van der Waals surface area contributed by atoms with Crippen LogP contribution in [0.2, 0.25) is 0 Å². The Morgan fingerprint density at radius 1 is 1.44 bits per heavy atom. The smallest absolute Gasteiger partial charge is 0.323 e. The van der Waals surface area contributed by atoms with Crippen LogP contribution in [0.15, 0.2) is 16.9 Å². The number of aliphatic carboxylic acids is 1. The normalized spacial score (nSPS) is 10.1. The fourth-order valence-corrected chi connectivity index (χ4v) is 1.46. The Labute approximate surface area is 104 Å². The number of carbonyl (C=O) groups is 2. The Hall–Kier alpha value is -2.18. The molecule has 1 aromatic heterocycles. The van der Waals surface area contributed by atoms with Gasteiger partial charge in [-0.2, -0.15) is 5.10 Å². The van der Waals surface area contributed by atoms with Crippen LogP contribution >= 0.6 is 0 Å². The highest BCUT2D eigenvalue weighted by Gasteiger charge is 2.19. The molecule has 0 unspecified atom stereocenters. The van der Waals surface area contributed by atoms with Gasteiger partial charge in [0.15, 0.2) is 0 Å². The standard InChI is InChI=1S/C11H15N3O4/c1-3-6-14(7-10(16)17)11(18)8-4-5-9(15)13(2)12-8/h4-5H,3,6-7H2,1-2H3,(H,16,17). The van der Waals surface area contributed by atoms with Crippen LogP contribution in [0.1, 0.15) is 23.8 Å². The van der Waals surface area contributed by atoms with E-state index in [1.807, 2.05) is 6.92 Å². The van der Waals surface area contributed by atoms with Crippen LogP contribution in [-0.4, -0.2) is 44.8 Å². The van der Waals surface area contributed by atoms with Gasteiger partial charge in [0.25, 0.3) is 11.5 Å². The van der Waals surface area contributed by atoms with Crippen LogP contribution in [0.25, 0.3) is 0 Å². The maximum absolute atomic E-state index is 12.0. The number of carboxylic acids is 1. The number of amides is 1. The average Bonchev–Trinajstić information content (AvgIpc) is 2.31. The molecule has 18 heavy (non-hydrogen) atoms. The molecular weight excluding hydrogens is 238 g/mol. The quantitative estimate of drug-likeness (QED) is 0.778.